The maximum atomic E-state index is 15.3. The number of anilines is 2. The van der Waals surface area contributed by atoms with E-state index < -0.39 is 123 Å². The Morgan fingerprint density at radius 1 is 0.770 bits per heavy atom. The third-order valence-corrected chi connectivity index (χ3v) is 12.7. The summed E-state index contributed by atoms with van der Waals surface area (Å²) in [6, 6.07) is 10.8. The molecule has 2 aliphatic carbocycles. The van der Waals surface area contributed by atoms with E-state index in [9.17, 15) is 59.0 Å². The Morgan fingerprint density at radius 2 is 1.39 bits per heavy atom. The van der Waals surface area contributed by atoms with Gasteiger partial charge in [0.15, 0.2) is 5.82 Å². The van der Waals surface area contributed by atoms with Crippen LogP contribution in [0.15, 0.2) is 89.0 Å². The molecule has 2 aliphatic heterocycles. The van der Waals surface area contributed by atoms with Crippen molar-refractivity contribution in [3.05, 3.63) is 127 Å². The minimum atomic E-state index is -5.31. The molecule has 3 heterocycles. The van der Waals surface area contributed by atoms with Crippen LogP contribution in [0.2, 0.25) is 10.0 Å². The zero-order valence-electron chi connectivity index (χ0n) is 30.3. The van der Waals surface area contributed by atoms with Crippen LogP contribution in [0.25, 0.3) is 0 Å². The van der Waals surface area contributed by atoms with Crippen molar-refractivity contribution in [2.75, 3.05) is 10.3 Å². The van der Waals surface area contributed by atoms with Crippen LogP contribution in [0.1, 0.15) is 46.6 Å². The maximum Gasteiger partial charge on any atom is 0.417 e. The van der Waals surface area contributed by atoms with Crippen LogP contribution in [-0.2, 0) is 43.1 Å². The summed E-state index contributed by atoms with van der Waals surface area (Å²) in [7, 11) is 0. The van der Waals surface area contributed by atoms with Crippen LogP contribution >= 0.6 is 39.1 Å². The number of fused-ring (bicyclic) bond motifs is 4. The summed E-state index contributed by atoms with van der Waals surface area (Å²) in [5.41, 5.74) is -4.96. The van der Waals surface area contributed by atoms with E-state index in [0.717, 1.165) is 0 Å². The number of hydrazine groups is 1. The number of phenols is 1. The normalized spacial score (nSPS) is 25.4. The van der Waals surface area contributed by atoms with Crippen molar-refractivity contribution >= 4 is 74.3 Å². The van der Waals surface area contributed by atoms with Crippen molar-refractivity contribution in [1.82, 2.24) is 9.99 Å². The van der Waals surface area contributed by atoms with Crippen LogP contribution in [0.4, 0.5) is 51.0 Å². The lowest BCUT2D eigenvalue weighted by Gasteiger charge is -2.50. The first-order valence-corrected chi connectivity index (χ1v) is 19.5. The molecule has 4 aromatic rings. The highest BCUT2D eigenvalue weighted by atomic mass is 79.9. The summed E-state index contributed by atoms with van der Waals surface area (Å²) in [5.74, 6) is -12.2. The van der Waals surface area contributed by atoms with Gasteiger partial charge in [0.05, 0.1) is 50.6 Å². The smallest absolute Gasteiger partial charge is 0.417 e. The number of alkyl halides is 9. The largest absolute Gasteiger partial charge is 0.508 e. The number of aromatic hydroxyl groups is 1. The van der Waals surface area contributed by atoms with E-state index in [-0.39, 0.29) is 51.2 Å². The number of carbonyl (C=O) groups excluding carboxylic acids is 4. The second-order valence-corrected chi connectivity index (χ2v) is 16.7. The first-order valence-electron chi connectivity index (χ1n) is 17.9. The molecule has 21 heteroatoms. The van der Waals surface area contributed by atoms with Gasteiger partial charge in [0, 0.05) is 27.2 Å². The molecule has 2 saturated heterocycles. The highest BCUT2D eigenvalue weighted by Crippen LogP contribution is 2.65. The molecule has 9 nitrogen and oxygen atoms in total. The molecular weight excluding hydrogens is 938 g/mol. The molecule has 3 aromatic carbocycles. The zero-order chi connectivity index (χ0) is 44.3. The number of amides is 4. The van der Waals surface area contributed by atoms with Gasteiger partial charge in [0.1, 0.15) is 5.75 Å². The Bertz CT molecular complexity index is 2550. The Morgan fingerprint density at radius 3 is 1.98 bits per heavy atom. The van der Waals surface area contributed by atoms with Gasteiger partial charge in [-0.1, -0.05) is 62.9 Å². The van der Waals surface area contributed by atoms with Crippen LogP contribution in [0, 0.1) is 23.7 Å². The summed E-state index contributed by atoms with van der Waals surface area (Å²) >= 11 is 15.8. The summed E-state index contributed by atoms with van der Waals surface area (Å²) < 4.78 is 124. The van der Waals surface area contributed by atoms with Crippen LogP contribution in [-0.4, -0.2) is 38.7 Å². The van der Waals surface area contributed by atoms with Gasteiger partial charge in [-0.2, -0.15) is 44.5 Å². The number of nitrogens with one attached hydrogen (secondary N) is 1. The fraction of sp³-hybridized carbons (Fsp3) is 0.275. The number of imide groups is 2. The lowest BCUT2D eigenvalue weighted by molar-refractivity contribution is -0.143. The SMILES string of the molecule is O=C1C2CC3C(=CCC4C(=O)N(c5cc(C(F)(F)F)cc(C(F)(F)F)c5)C(=O)C43)C(c3cc(Br)ccc3O)C2(c2ccc(Cl)cc2)C(=O)N1Nc1ncc(C(F)(F)F)cc1Cl. The molecule has 0 bridgehead atoms. The number of benzene rings is 3. The monoisotopic (exact) mass is 960 g/mol. The Balaban J connectivity index is 1.31. The van der Waals surface area contributed by atoms with Crippen molar-refractivity contribution in [3.63, 3.8) is 0 Å². The van der Waals surface area contributed by atoms with E-state index >= 15 is 4.79 Å². The third-order valence-electron chi connectivity index (χ3n) is 11.7. The lowest BCUT2D eigenvalue weighted by Crippen LogP contribution is -2.53. The van der Waals surface area contributed by atoms with Crippen molar-refractivity contribution in [2.24, 2.45) is 23.7 Å². The summed E-state index contributed by atoms with van der Waals surface area (Å²) in [6.45, 7) is 0. The Kier molecular flexibility index (Phi) is 10.1. The van der Waals surface area contributed by atoms with Crippen molar-refractivity contribution in [3.8, 4) is 5.75 Å². The molecule has 6 atom stereocenters. The highest BCUT2D eigenvalue weighted by molar-refractivity contribution is 9.10. The number of hydrogen-bond acceptors (Lipinski definition) is 7. The van der Waals surface area contributed by atoms with Crippen molar-refractivity contribution in [1.29, 1.82) is 0 Å². The van der Waals surface area contributed by atoms with E-state index in [4.69, 9.17) is 23.2 Å². The molecule has 3 fully saturated rings. The lowest BCUT2D eigenvalue weighted by atomic mass is 9.49. The van der Waals surface area contributed by atoms with Crippen LogP contribution in [0.5, 0.6) is 5.75 Å². The van der Waals surface area contributed by atoms with Gasteiger partial charge >= 0.3 is 18.5 Å². The number of halogens is 12. The second-order valence-electron chi connectivity index (χ2n) is 14.9. The van der Waals surface area contributed by atoms with Gasteiger partial charge in [-0.25, -0.2) is 9.88 Å². The highest BCUT2D eigenvalue weighted by Gasteiger charge is 2.71. The molecule has 0 radical (unpaired) electrons. The molecule has 0 spiro atoms. The van der Waals surface area contributed by atoms with E-state index in [0.29, 0.717) is 21.7 Å². The molecule has 2 N–H and O–H groups in total. The number of rotatable bonds is 5. The van der Waals surface area contributed by atoms with Gasteiger partial charge in [0.25, 0.3) is 11.8 Å². The summed E-state index contributed by atoms with van der Waals surface area (Å²) in [6.07, 6.45) is -14.3. The van der Waals surface area contributed by atoms with Crippen LogP contribution < -0.4 is 10.3 Å². The molecule has 8 rings (SSSR count). The number of carbonyl (C=O) groups is 4. The number of pyridine rings is 1. The van der Waals surface area contributed by atoms with Gasteiger partial charge < -0.3 is 5.11 Å². The minimum Gasteiger partial charge on any atom is -0.508 e. The molecule has 1 saturated carbocycles. The number of nitrogens with zero attached hydrogens (tertiary/aromatic N) is 3. The van der Waals surface area contributed by atoms with Crippen molar-refractivity contribution in [2.45, 2.75) is 42.7 Å². The number of phenolic OH excluding ortho intramolecular Hbond substituents is 1. The molecule has 1 aromatic heterocycles. The Hall–Kier alpha value is -5.14. The molecule has 4 aliphatic rings. The minimum absolute atomic E-state index is 0.0266. The van der Waals surface area contributed by atoms with E-state index in [2.05, 4.69) is 26.3 Å². The fourth-order valence-corrected chi connectivity index (χ4v) is 9.92. The van der Waals surface area contributed by atoms with Gasteiger partial charge in [0.2, 0.25) is 11.8 Å². The van der Waals surface area contributed by atoms with Gasteiger partial charge in [-0.05, 0) is 78.9 Å². The zero-order valence-corrected chi connectivity index (χ0v) is 33.4. The van der Waals surface area contributed by atoms with Gasteiger partial charge in [-0.3, -0.25) is 24.6 Å². The summed E-state index contributed by atoms with van der Waals surface area (Å²) in [5, 5.41) is 11.6. The third kappa shape index (κ3) is 6.83. The molecule has 61 heavy (non-hydrogen) atoms. The number of allylic oxidation sites excluding steroid dienone is 2. The standard InChI is InChI=1S/C40H24BrCl2F9N4O5/c41-20-3-8-29(57)26(13-20)31-23-6-7-24-30(35(60)55(33(24)58)22-10-17(38(44,45)46)9-18(11-22)39(47,48)49)25(23)14-27-34(59)56(36(61)37(27,31)16-1-4-21(42)5-2-16)54-32-28(43)12-19(15-53-32)40(50,51)52/h1-6,8-13,15,24-25,27,30-31,57H,7,14H2,(H,53,54). The first-order chi connectivity index (χ1) is 28.4. The Labute approximate surface area is 356 Å². The first kappa shape index (κ1) is 42.5. The average Bonchev–Trinajstić information content (AvgIpc) is 3.56. The quantitative estimate of drug-likeness (QED) is 0.116. The fourth-order valence-electron chi connectivity index (χ4n) is 9.21. The van der Waals surface area contributed by atoms with E-state index in [1.807, 2.05) is 0 Å². The number of aromatic nitrogens is 1. The topological polar surface area (TPSA) is 120 Å². The maximum absolute atomic E-state index is 15.3. The molecular formula is C40H24BrCl2F9N4O5. The van der Waals surface area contributed by atoms with Crippen molar-refractivity contribution < 1.29 is 63.8 Å². The average molecular weight is 962 g/mol. The molecule has 318 valence electrons. The number of hydrogen-bond donors (Lipinski definition) is 2. The molecule has 6 unspecified atom stereocenters. The predicted octanol–water partition coefficient (Wildman–Crippen LogP) is 10.1. The van der Waals surface area contributed by atoms with Crippen LogP contribution in [0.3, 0.4) is 0 Å². The predicted molar refractivity (Wildman–Crippen MR) is 202 cm³/mol. The van der Waals surface area contributed by atoms with E-state index in [1.54, 1.807) is 0 Å². The summed E-state index contributed by atoms with van der Waals surface area (Å²) in [4.78, 5) is 62.7. The second kappa shape index (κ2) is 14.5. The molecule has 4 amide bonds. The van der Waals surface area contributed by atoms with E-state index in [1.165, 1.54) is 48.5 Å². The van der Waals surface area contributed by atoms with Gasteiger partial charge in [-0.15, -0.1) is 0 Å².